The molecule has 11 nitrogen and oxygen atoms in total. The van der Waals surface area contributed by atoms with Crippen LogP contribution in [0, 0.1) is 0 Å². The Kier molecular flexibility index (Phi) is 7.87. The van der Waals surface area contributed by atoms with Crippen LogP contribution >= 0.6 is 0 Å². The van der Waals surface area contributed by atoms with Crippen LogP contribution in [-0.2, 0) is 25.8 Å². The van der Waals surface area contributed by atoms with E-state index in [-0.39, 0.29) is 31.0 Å². The number of hydrogen-bond acceptors (Lipinski definition) is 9. The molecule has 0 saturated carbocycles. The number of benzene rings is 2. The summed E-state index contributed by atoms with van der Waals surface area (Å²) in [5.74, 6) is 0.733. The largest absolute Gasteiger partial charge is 0.494 e. The molecule has 1 saturated heterocycles. The summed E-state index contributed by atoms with van der Waals surface area (Å²) >= 11 is 0. The Hall–Kier alpha value is -3.48. The smallest absolute Gasteiger partial charge is 0.353 e. The number of carbonyl (C=O) groups excluding carboxylic acids is 1. The summed E-state index contributed by atoms with van der Waals surface area (Å²) < 4.78 is 48.4. The summed E-state index contributed by atoms with van der Waals surface area (Å²) in [6.07, 6.45) is 2.65. The van der Waals surface area contributed by atoms with Gasteiger partial charge < -0.3 is 14.2 Å². The van der Waals surface area contributed by atoms with Gasteiger partial charge in [0.15, 0.2) is 20.3 Å². The predicted octanol–water partition coefficient (Wildman–Crippen LogP) is 1.80. The molecule has 192 valence electrons. The Morgan fingerprint density at radius 2 is 1.89 bits per heavy atom. The molecule has 1 aliphatic rings. The van der Waals surface area contributed by atoms with Crippen molar-refractivity contribution < 1.29 is 41.9 Å². The predicted molar refractivity (Wildman–Crippen MR) is 125 cm³/mol. The zero-order valence-corrected chi connectivity index (χ0v) is 20.6. The van der Waals surface area contributed by atoms with Gasteiger partial charge >= 0.3 is 12.2 Å². The average molecular weight is 519 g/mol. The minimum Gasteiger partial charge on any atom is -0.494 e. The minimum atomic E-state index is -4.08. The summed E-state index contributed by atoms with van der Waals surface area (Å²) in [7, 11) is -2.49. The number of aryl methyl sites for hydroxylation is 1. The van der Waals surface area contributed by atoms with Crippen molar-refractivity contribution in [3.8, 4) is 17.2 Å². The van der Waals surface area contributed by atoms with Crippen molar-refractivity contribution in [3.63, 3.8) is 0 Å². The third-order valence-electron chi connectivity index (χ3n) is 6.10. The van der Waals surface area contributed by atoms with E-state index in [0.717, 1.165) is 5.69 Å². The van der Waals surface area contributed by atoms with Crippen molar-refractivity contribution in [2.24, 2.45) is 0 Å². The third kappa shape index (κ3) is 5.06. The number of hydroxylamine groups is 1. The molecule has 3 aromatic rings. The van der Waals surface area contributed by atoms with Crippen LogP contribution in [0.5, 0.6) is 11.5 Å². The lowest BCUT2D eigenvalue weighted by Crippen LogP contribution is -2.54. The first-order chi connectivity index (χ1) is 17.4. The number of hydrogen-bond donors (Lipinski definition) is 2. The fraction of sp³-hybridized carbons (Fsp3) is 0.375. The Balaban J connectivity index is 1.34. The Bertz CT molecular complexity index is 1280. The van der Waals surface area contributed by atoms with E-state index >= 15 is 0 Å². The first kappa shape index (κ1) is 25.6. The van der Waals surface area contributed by atoms with Gasteiger partial charge in [-0.05, 0) is 65.4 Å². The van der Waals surface area contributed by atoms with E-state index in [1.165, 1.54) is 34.5 Å². The SMILES string of the molecule is COc1ccccc1-[n+]1cnc(CCCOc2ccc(S(=O)(=O)C3(C(=O)NO)CCOCC3)cc2)o1. The quantitative estimate of drug-likeness (QED) is 0.178. The van der Waals surface area contributed by atoms with E-state index in [1.54, 1.807) is 13.4 Å². The summed E-state index contributed by atoms with van der Waals surface area (Å²) in [5, 5.41) is 9.15. The fourth-order valence-electron chi connectivity index (χ4n) is 4.09. The number of ether oxygens (including phenoxy) is 3. The maximum absolute atomic E-state index is 13.3. The molecule has 2 heterocycles. The van der Waals surface area contributed by atoms with Gasteiger partial charge in [0.05, 0.1) is 25.0 Å². The van der Waals surface area contributed by atoms with Crippen LogP contribution in [0.1, 0.15) is 25.2 Å². The number of carbonyl (C=O) groups is 1. The third-order valence-corrected chi connectivity index (χ3v) is 8.62. The lowest BCUT2D eigenvalue weighted by molar-refractivity contribution is -0.786. The van der Waals surface area contributed by atoms with Crippen molar-refractivity contribution in [2.75, 3.05) is 26.9 Å². The second-order valence-electron chi connectivity index (χ2n) is 8.20. The number of aromatic nitrogens is 2. The van der Waals surface area contributed by atoms with Crippen LogP contribution in [0.4, 0.5) is 0 Å². The maximum Gasteiger partial charge on any atom is 0.353 e. The minimum absolute atomic E-state index is 0.0268. The van der Waals surface area contributed by atoms with E-state index in [1.807, 2.05) is 24.3 Å². The fourth-order valence-corrected chi connectivity index (χ4v) is 6.03. The molecule has 1 fully saturated rings. The molecule has 2 aromatic carbocycles. The van der Waals surface area contributed by atoms with Crippen molar-refractivity contribution in [1.29, 1.82) is 0 Å². The average Bonchev–Trinajstić information content (AvgIpc) is 3.40. The molecule has 1 amide bonds. The molecular weight excluding hydrogens is 490 g/mol. The Morgan fingerprint density at radius 3 is 2.58 bits per heavy atom. The first-order valence-electron chi connectivity index (χ1n) is 11.4. The lowest BCUT2D eigenvalue weighted by Gasteiger charge is -2.34. The number of amides is 1. The monoisotopic (exact) mass is 518 g/mol. The highest BCUT2D eigenvalue weighted by molar-refractivity contribution is 7.93. The van der Waals surface area contributed by atoms with Crippen molar-refractivity contribution in [2.45, 2.75) is 35.3 Å². The van der Waals surface area contributed by atoms with Gasteiger partial charge in [0.2, 0.25) is 5.69 Å². The molecule has 0 spiro atoms. The molecule has 4 rings (SSSR count). The van der Waals surface area contributed by atoms with Crippen molar-refractivity contribution in [3.05, 3.63) is 60.7 Å². The topological polar surface area (TPSA) is 141 Å². The van der Waals surface area contributed by atoms with E-state index in [9.17, 15) is 13.2 Å². The molecule has 36 heavy (non-hydrogen) atoms. The number of rotatable bonds is 10. The molecule has 0 radical (unpaired) electrons. The maximum atomic E-state index is 13.3. The normalized spacial score (nSPS) is 15.3. The number of methoxy groups -OCH3 is 1. The summed E-state index contributed by atoms with van der Waals surface area (Å²) in [4.78, 5) is 16.6. The van der Waals surface area contributed by atoms with Crippen LogP contribution in [0.15, 0.2) is 64.3 Å². The highest BCUT2D eigenvalue weighted by Crippen LogP contribution is 2.35. The summed E-state index contributed by atoms with van der Waals surface area (Å²) in [6.45, 7) is 0.575. The molecule has 0 unspecified atom stereocenters. The molecule has 1 aromatic heterocycles. The molecule has 1 aliphatic heterocycles. The highest BCUT2D eigenvalue weighted by Gasteiger charge is 2.52. The molecule has 0 bridgehead atoms. The molecule has 2 N–H and O–H groups in total. The van der Waals surface area contributed by atoms with E-state index < -0.39 is 20.5 Å². The van der Waals surface area contributed by atoms with Crippen LogP contribution in [0.25, 0.3) is 5.69 Å². The van der Waals surface area contributed by atoms with Crippen LogP contribution in [0.2, 0.25) is 0 Å². The summed E-state index contributed by atoms with van der Waals surface area (Å²) in [6, 6.07) is 13.3. The Labute approximate surface area is 208 Å². The number of para-hydroxylation sites is 2. The van der Waals surface area contributed by atoms with Crippen LogP contribution in [-0.4, -0.2) is 56.2 Å². The number of sulfone groups is 1. The second-order valence-corrected chi connectivity index (χ2v) is 10.5. The van der Waals surface area contributed by atoms with Crippen LogP contribution in [0.3, 0.4) is 0 Å². The zero-order valence-electron chi connectivity index (χ0n) is 19.8. The van der Waals surface area contributed by atoms with Gasteiger partial charge in [0.25, 0.3) is 5.91 Å². The van der Waals surface area contributed by atoms with Gasteiger partial charge in [-0.1, -0.05) is 12.1 Å². The Morgan fingerprint density at radius 1 is 1.17 bits per heavy atom. The van der Waals surface area contributed by atoms with Crippen molar-refractivity contribution in [1.82, 2.24) is 10.5 Å². The molecular formula is C24H28N3O8S+. The van der Waals surface area contributed by atoms with Crippen molar-refractivity contribution >= 4 is 15.7 Å². The number of nitrogens with zero attached hydrogens (tertiary/aromatic N) is 2. The standard InChI is InChI=1S/C24H27N3O8S/c1-32-21-6-3-2-5-20(21)27-17-25-22(35-27)7-4-14-34-18-8-10-19(11-9-18)36(30,31)24(23(28)26-29)12-15-33-16-13-24/h2-3,5-6,8-11,17H,4,7,12-16H2,1H3,(H-,26,28,29)/p+1. The lowest BCUT2D eigenvalue weighted by atomic mass is 9.98. The second kappa shape index (κ2) is 11.1. The molecule has 0 aliphatic carbocycles. The van der Waals surface area contributed by atoms with Gasteiger partial charge in [-0.25, -0.2) is 13.9 Å². The van der Waals surface area contributed by atoms with Gasteiger partial charge in [0.1, 0.15) is 5.75 Å². The molecule has 12 heteroatoms. The summed E-state index contributed by atoms with van der Waals surface area (Å²) in [5.41, 5.74) is 2.25. The zero-order chi connectivity index (χ0) is 25.6. The van der Waals surface area contributed by atoms with Gasteiger partial charge in [-0.15, -0.1) is 0 Å². The van der Waals surface area contributed by atoms with E-state index in [4.69, 9.17) is 23.9 Å². The van der Waals surface area contributed by atoms with Gasteiger partial charge in [0, 0.05) is 13.2 Å². The number of nitrogens with one attached hydrogen (secondary N) is 1. The highest BCUT2D eigenvalue weighted by atomic mass is 32.2. The van der Waals surface area contributed by atoms with Gasteiger partial charge in [-0.2, -0.15) is 0 Å². The van der Waals surface area contributed by atoms with E-state index in [0.29, 0.717) is 36.8 Å². The van der Waals surface area contributed by atoms with Crippen LogP contribution < -0.4 is 19.7 Å². The molecule has 0 atom stereocenters. The van der Waals surface area contributed by atoms with Gasteiger partial charge in [-0.3, -0.25) is 14.5 Å². The first-order valence-corrected chi connectivity index (χ1v) is 12.9. The van der Waals surface area contributed by atoms with E-state index in [2.05, 4.69) is 4.98 Å².